The van der Waals surface area contributed by atoms with Gasteiger partial charge in [0, 0.05) is 32.0 Å². The molecule has 0 unspecified atom stereocenters. The van der Waals surface area contributed by atoms with Gasteiger partial charge < -0.3 is 15.4 Å². The van der Waals surface area contributed by atoms with E-state index in [1.807, 2.05) is 19.2 Å². The van der Waals surface area contributed by atoms with Gasteiger partial charge in [-0.05, 0) is 30.9 Å². The average molecular weight is 265 g/mol. The Morgan fingerprint density at radius 1 is 1.61 bits per heavy atom. The molecule has 5 heteroatoms. The number of anilines is 1. The topological polar surface area (TPSA) is 51.4 Å². The van der Waals surface area contributed by atoms with E-state index in [1.54, 1.807) is 6.20 Å². The van der Waals surface area contributed by atoms with Crippen LogP contribution in [0.1, 0.15) is 18.4 Å². The summed E-state index contributed by atoms with van der Waals surface area (Å²) >= 11 is 4.96. The molecule has 0 aromatic carbocycles. The standard InChI is InChI=1S/C13H19N3OS/c1-16(6-7-17-9-10-2-3-10)12-8-11(13(14)18)4-5-15-12/h4-5,8,10H,2-3,6-7,9H2,1H3,(H2,14,18). The van der Waals surface area contributed by atoms with Gasteiger partial charge in [0.1, 0.15) is 10.8 Å². The summed E-state index contributed by atoms with van der Waals surface area (Å²) in [5.41, 5.74) is 6.45. The van der Waals surface area contributed by atoms with E-state index < -0.39 is 0 Å². The highest BCUT2D eigenvalue weighted by molar-refractivity contribution is 7.80. The Morgan fingerprint density at radius 2 is 2.39 bits per heavy atom. The fourth-order valence-electron chi connectivity index (χ4n) is 1.63. The molecule has 98 valence electrons. The van der Waals surface area contributed by atoms with E-state index in [-0.39, 0.29) is 0 Å². The normalized spacial score (nSPS) is 14.5. The summed E-state index contributed by atoms with van der Waals surface area (Å²) in [6, 6.07) is 3.73. The Kier molecular flexibility index (Phi) is 4.49. The summed E-state index contributed by atoms with van der Waals surface area (Å²) in [4.78, 5) is 6.75. The largest absolute Gasteiger partial charge is 0.389 e. The summed E-state index contributed by atoms with van der Waals surface area (Å²) in [6.45, 7) is 2.45. The first-order chi connectivity index (χ1) is 8.66. The number of hydrogen-bond donors (Lipinski definition) is 1. The monoisotopic (exact) mass is 265 g/mol. The lowest BCUT2D eigenvalue weighted by Crippen LogP contribution is -2.24. The third-order valence-corrected chi connectivity index (χ3v) is 3.28. The van der Waals surface area contributed by atoms with Crippen LogP contribution < -0.4 is 10.6 Å². The maximum atomic E-state index is 5.61. The lowest BCUT2D eigenvalue weighted by molar-refractivity contribution is 0.131. The molecule has 1 heterocycles. The number of ether oxygens (including phenoxy) is 1. The SMILES string of the molecule is CN(CCOCC1CC1)c1cc(C(N)=S)ccn1. The average Bonchev–Trinajstić information content (AvgIpc) is 3.18. The van der Waals surface area contributed by atoms with Crippen LogP contribution in [0.5, 0.6) is 0 Å². The Bertz CT molecular complexity index is 420. The molecule has 0 atom stereocenters. The Balaban J connectivity index is 1.81. The Labute approximate surface area is 113 Å². The van der Waals surface area contributed by atoms with E-state index in [4.69, 9.17) is 22.7 Å². The fraction of sp³-hybridized carbons (Fsp3) is 0.538. The molecule has 0 radical (unpaired) electrons. The highest BCUT2D eigenvalue weighted by Crippen LogP contribution is 2.28. The lowest BCUT2D eigenvalue weighted by Gasteiger charge is -2.18. The first-order valence-electron chi connectivity index (χ1n) is 6.21. The van der Waals surface area contributed by atoms with Crippen molar-refractivity contribution in [1.82, 2.24) is 4.98 Å². The van der Waals surface area contributed by atoms with Crippen molar-refractivity contribution in [3.05, 3.63) is 23.9 Å². The van der Waals surface area contributed by atoms with Crippen molar-refractivity contribution in [2.45, 2.75) is 12.8 Å². The maximum absolute atomic E-state index is 5.61. The molecule has 1 aromatic rings. The second-order valence-electron chi connectivity index (χ2n) is 4.71. The number of aromatic nitrogens is 1. The summed E-state index contributed by atoms with van der Waals surface area (Å²) < 4.78 is 5.61. The van der Waals surface area contributed by atoms with Crippen molar-refractivity contribution >= 4 is 23.0 Å². The molecule has 0 spiro atoms. The van der Waals surface area contributed by atoms with Gasteiger partial charge >= 0.3 is 0 Å². The van der Waals surface area contributed by atoms with Gasteiger partial charge in [0.15, 0.2) is 0 Å². The number of nitrogens with zero attached hydrogens (tertiary/aromatic N) is 2. The first kappa shape index (κ1) is 13.2. The minimum absolute atomic E-state index is 0.400. The quantitative estimate of drug-likeness (QED) is 0.599. The van der Waals surface area contributed by atoms with Crippen LogP contribution in [-0.2, 0) is 4.74 Å². The second kappa shape index (κ2) is 6.11. The highest BCUT2D eigenvalue weighted by atomic mass is 32.1. The van der Waals surface area contributed by atoms with Crippen LogP contribution in [0.4, 0.5) is 5.82 Å². The predicted octanol–water partition coefficient (Wildman–Crippen LogP) is 1.58. The molecule has 4 nitrogen and oxygen atoms in total. The third-order valence-electron chi connectivity index (χ3n) is 3.04. The molecular formula is C13H19N3OS. The van der Waals surface area contributed by atoms with Crippen molar-refractivity contribution in [2.24, 2.45) is 11.7 Å². The predicted molar refractivity (Wildman–Crippen MR) is 76.9 cm³/mol. The van der Waals surface area contributed by atoms with E-state index in [0.717, 1.165) is 37.1 Å². The Morgan fingerprint density at radius 3 is 3.06 bits per heavy atom. The van der Waals surface area contributed by atoms with Gasteiger partial charge in [-0.2, -0.15) is 0 Å². The van der Waals surface area contributed by atoms with Gasteiger partial charge in [-0.15, -0.1) is 0 Å². The molecule has 2 rings (SSSR count). The number of thiocarbonyl (C=S) groups is 1. The molecule has 1 saturated carbocycles. The highest BCUT2D eigenvalue weighted by Gasteiger charge is 2.20. The smallest absolute Gasteiger partial charge is 0.128 e. The molecule has 0 bridgehead atoms. The third kappa shape index (κ3) is 3.92. The van der Waals surface area contributed by atoms with Gasteiger partial charge in [-0.3, -0.25) is 0 Å². The first-order valence-corrected chi connectivity index (χ1v) is 6.62. The van der Waals surface area contributed by atoms with Gasteiger partial charge in [-0.1, -0.05) is 12.2 Å². The van der Waals surface area contributed by atoms with Gasteiger partial charge in [0.25, 0.3) is 0 Å². The molecule has 18 heavy (non-hydrogen) atoms. The molecular weight excluding hydrogens is 246 g/mol. The zero-order valence-electron chi connectivity index (χ0n) is 10.6. The zero-order valence-corrected chi connectivity index (χ0v) is 11.4. The number of hydrogen-bond acceptors (Lipinski definition) is 4. The summed E-state index contributed by atoms with van der Waals surface area (Å²) in [7, 11) is 1.99. The summed E-state index contributed by atoms with van der Waals surface area (Å²) in [5, 5.41) is 0. The minimum Gasteiger partial charge on any atom is -0.389 e. The number of rotatable bonds is 7. The minimum atomic E-state index is 0.400. The molecule has 1 aliphatic rings. The van der Waals surface area contributed by atoms with Crippen LogP contribution >= 0.6 is 12.2 Å². The Hall–Kier alpha value is -1.20. The molecule has 0 saturated heterocycles. The van der Waals surface area contributed by atoms with Gasteiger partial charge in [-0.25, -0.2) is 4.98 Å². The van der Waals surface area contributed by atoms with Crippen LogP contribution in [-0.4, -0.2) is 36.8 Å². The van der Waals surface area contributed by atoms with Crippen LogP contribution in [0.3, 0.4) is 0 Å². The van der Waals surface area contributed by atoms with Crippen molar-refractivity contribution in [2.75, 3.05) is 31.7 Å². The van der Waals surface area contributed by atoms with E-state index in [9.17, 15) is 0 Å². The van der Waals surface area contributed by atoms with E-state index >= 15 is 0 Å². The summed E-state index contributed by atoms with van der Waals surface area (Å²) in [5.74, 6) is 1.68. The fourth-order valence-corrected chi connectivity index (χ4v) is 1.76. The van der Waals surface area contributed by atoms with Gasteiger partial charge in [0.2, 0.25) is 0 Å². The number of nitrogens with two attached hydrogens (primary N) is 1. The van der Waals surface area contributed by atoms with Gasteiger partial charge in [0.05, 0.1) is 6.61 Å². The van der Waals surface area contributed by atoms with E-state index in [2.05, 4.69) is 9.88 Å². The van der Waals surface area contributed by atoms with E-state index in [0.29, 0.717) is 4.99 Å². The number of pyridine rings is 1. The summed E-state index contributed by atoms with van der Waals surface area (Å²) in [6.07, 6.45) is 4.38. The van der Waals surface area contributed by atoms with E-state index in [1.165, 1.54) is 12.8 Å². The molecule has 1 aliphatic carbocycles. The maximum Gasteiger partial charge on any atom is 0.128 e. The van der Waals surface area contributed by atoms with Crippen LogP contribution in [0.15, 0.2) is 18.3 Å². The van der Waals surface area contributed by atoms with Crippen LogP contribution in [0.25, 0.3) is 0 Å². The number of likely N-dealkylation sites (N-methyl/N-ethyl adjacent to an activating group) is 1. The van der Waals surface area contributed by atoms with Crippen LogP contribution in [0.2, 0.25) is 0 Å². The van der Waals surface area contributed by atoms with Crippen molar-refractivity contribution in [3.63, 3.8) is 0 Å². The van der Waals surface area contributed by atoms with Crippen molar-refractivity contribution in [1.29, 1.82) is 0 Å². The molecule has 1 aromatic heterocycles. The lowest BCUT2D eigenvalue weighted by atomic mass is 10.2. The molecule has 1 fully saturated rings. The second-order valence-corrected chi connectivity index (χ2v) is 5.15. The molecule has 2 N–H and O–H groups in total. The molecule has 0 amide bonds. The van der Waals surface area contributed by atoms with Crippen molar-refractivity contribution < 1.29 is 4.74 Å². The zero-order chi connectivity index (χ0) is 13.0. The van der Waals surface area contributed by atoms with Crippen LogP contribution in [0, 0.1) is 5.92 Å². The molecule has 0 aliphatic heterocycles. The van der Waals surface area contributed by atoms with Crippen molar-refractivity contribution in [3.8, 4) is 0 Å².